The van der Waals surface area contributed by atoms with Gasteiger partial charge < -0.3 is 10.4 Å². The van der Waals surface area contributed by atoms with Gasteiger partial charge in [0.05, 0.1) is 11.1 Å². The fourth-order valence-electron chi connectivity index (χ4n) is 1.26. The molecule has 1 aromatic rings. The van der Waals surface area contributed by atoms with Crippen LogP contribution in [0.2, 0.25) is 0 Å². The quantitative estimate of drug-likeness (QED) is 0.814. The summed E-state index contributed by atoms with van der Waals surface area (Å²) < 4.78 is 0. The molecule has 1 amide bonds. The Bertz CT molecular complexity index is 399. The zero-order chi connectivity index (χ0) is 12.1. The minimum Gasteiger partial charge on any atom is -0.478 e. The van der Waals surface area contributed by atoms with Gasteiger partial charge >= 0.3 is 5.97 Å². The van der Waals surface area contributed by atoms with E-state index in [2.05, 4.69) is 5.32 Å². The number of amides is 1. The van der Waals surface area contributed by atoms with Crippen LogP contribution in [0.25, 0.3) is 0 Å². The van der Waals surface area contributed by atoms with Crippen molar-refractivity contribution in [3.63, 3.8) is 0 Å². The highest BCUT2D eigenvalue weighted by Crippen LogP contribution is 2.08. The highest BCUT2D eigenvalue weighted by molar-refractivity contribution is 6.04. The van der Waals surface area contributed by atoms with E-state index in [9.17, 15) is 9.59 Å². The summed E-state index contributed by atoms with van der Waals surface area (Å²) >= 11 is 0. The van der Waals surface area contributed by atoms with Crippen molar-refractivity contribution in [1.29, 1.82) is 0 Å². The first-order valence-corrected chi connectivity index (χ1v) is 5.13. The molecule has 0 aliphatic carbocycles. The Hall–Kier alpha value is -1.84. The molecule has 0 aromatic heterocycles. The van der Waals surface area contributed by atoms with Crippen LogP contribution in [0, 0.1) is 5.92 Å². The average molecular weight is 221 g/mol. The van der Waals surface area contributed by atoms with Gasteiger partial charge in [0.25, 0.3) is 5.91 Å². The van der Waals surface area contributed by atoms with Crippen molar-refractivity contribution in [3.8, 4) is 0 Å². The lowest BCUT2D eigenvalue weighted by atomic mass is 10.1. The van der Waals surface area contributed by atoms with E-state index in [1.165, 1.54) is 12.1 Å². The first-order chi connectivity index (χ1) is 7.52. The van der Waals surface area contributed by atoms with Crippen LogP contribution in [-0.2, 0) is 0 Å². The molecule has 2 N–H and O–H groups in total. The van der Waals surface area contributed by atoms with Gasteiger partial charge in [-0.1, -0.05) is 26.0 Å². The van der Waals surface area contributed by atoms with Crippen LogP contribution in [-0.4, -0.2) is 23.5 Å². The summed E-state index contributed by atoms with van der Waals surface area (Å²) in [6, 6.07) is 6.19. The van der Waals surface area contributed by atoms with Crippen LogP contribution < -0.4 is 5.32 Å². The van der Waals surface area contributed by atoms with Gasteiger partial charge in [0, 0.05) is 6.54 Å². The zero-order valence-electron chi connectivity index (χ0n) is 9.36. The van der Waals surface area contributed by atoms with Gasteiger partial charge in [-0.15, -0.1) is 0 Å². The van der Waals surface area contributed by atoms with Crippen LogP contribution in [0.4, 0.5) is 0 Å². The molecule has 1 rings (SSSR count). The van der Waals surface area contributed by atoms with Crippen LogP contribution in [0.15, 0.2) is 24.3 Å². The summed E-state index contributed by atoms with van der Waals surface area (Å²) in [5, 5.41) is 11.6. The molecule has 0 unspecified atom stereocenters. The molecule has 0 fully saturated rings. The minimum absolute atomic E-state index is 0.0313. The summed E-state index contributed by atoms with van der Waals surface area (Å²) in [6.07, 6.45) is 0. The van der Waals surface area contributed by atoms with E-state index in [-0.39, 0.29) is 17.0 Å². The fraction of sp³-hybridized carbons (Fsp3) is 0.333. The second kappa shape index (κ2) is 5.30. The molecule has 0 spiro atoms. The number of carbonyl (C=O) groups is 2. The summed E-state index contributed by atoms with van der Waals surface area (Å²) in [4.78, 5) is 22.6. The Morgan fingerprint density at radius 3 is 2.31 bits per heavy atom. The van der Waals surface area contributed by atoms with E-state index in [0.717, 1.165) is 0 Å². The molecule has 1 aromatic carbocycles. The Balaban J connectivity index is 2.86. The number of rotatable bonds is 4. The molecule has 0 heterocycles. The molecule has 86 valence electrons. The van der Waals surface area contributed by atoms with E-state index in [1.54, 1.807) is 12.1 Å². The van der Waals surface area contributed by atoms with Crippen molar-refractivity contribution < 1.29 is 14.7 Å². The summed E-state index contributed by atoms with van der Waals surface area (Å²) in [5.41, 5.74) is 0.236. The Labute approximate surface area is 94.3 Å². The van der Waals surface area contributed by atoms with Crippen LogP contribution in [0.5, 0.6) is 0 Å². The number of carboxylic acids is 1. The number of carboxylic acid groups (broad SMARTS) is 1. The average Bonchev–Trinajstić information content (AvgIpc) is 2.25. The van der Waals surface area contributed by atoms with E-state index in [1.807, 2.05) is 13.8 Å². The summed E-state index contributed by atoms with van der Waals surface area (Å²) in [5.74, 6) is -1.09. The zero-order valence-corrected chi connectivity index (χ0v) is 9.36. The van der Waals surface area contributed by atoms with E-state index < -0.39 is 5.97 Å². The number of aromatic carboxylic acids is 1. The predicted octanol–water partition coefficient (Wildman–Crippen LogP) is 1.77. The first-order valence-electron chi connectivity index (χ1n) is 5.13. The van der Waals surface area contributed by atoms with Crippen molar-refractivity contribution in [3.05, 3.63) is 35.4 Å². The molecule has 0 bridgehead atoms. The maximum absolute atomic E-state index is 11.7. The Morgan fingerprint density at radius 2 is 1.81 bits per heavy atom. The van der Waals surface area contributed by atoms with Crippen molar-refractivity contribution in [2.75, 3.05) is 6.54 Å². The topological polar surface area (TPSA) is 66.4 Å². The van der Waals surface area contributed by atoms with Gasteiger partial charge in [0.1, 0.15) is 0 Å². The molecule has 0 aliphatic heterocycles. The smallest absolute Gasteiger partial charge is 0.336 e. The van der Waals surface area contributed by atoms with Crippen molar-refractivity contribution in [1.82, 2.24) is 5.32 Å². The van der Waals surface area contributed by atoms with Crippen molar-refractivity contribution in [2.24, 2.45) is 5.92 Å². The SMILES string of the molecule is CC(C)CNC(=O)c1ccccc1C(=O)O. The number of hydrogen-bond acceptors (Lipinski definition) is 2. The van der Waals surface area contributed by atoms with Crippen molar-refractivity contribution >= 4 is 11.9 Å². The second-order valence-corrected chi connectivity index (χ2v) is 3.95. The molecular formula is C12H15NO3. The van der Waals surface area contributed by atoms with Gasteiger partial charge in [0.15, 0.2) is 0 Å². The highest BCUT2D eigenvalue weighted by atomic mass is 16.4. The van der Waals surface area contributed by atoms with E-state index >= 15 is 0 Å². The molecule has 4 nitrogen and oxygen atoms in total. The van der Waals surface area contributed by atoms with Crippen molar-refractivity contribution in [2.45, 2.75) is 13.8 Å². The number of carbonyl (C=O) groups excluding carboxylic acids is 1. The fourth-order valence-corrected chi connectivity index (χ4v) is 1.26. The van der Waals surface area contributed by atoms with Gasteiger partial charge in [0.2, 0.25) is 0 Å². The lowest BCUT2D eigenvalue weighted by molar-refractivity contribution is 0.0691. The van der Waals surface area contributed by atoms with E-state index in [4.69, 9.17) is 5.11 Å². The molecule has 0 aliphatic rings. The summed E-state index contributed by atoms with van der Waals surface area (Å²) in [6.45, 7) is 4.49. The molecule has 0 radical (unpaired) electrons. The maximum atomic E-state index is 11.7. The first kappa shape index (κ1) is 12.2. The molecule has 0 saturated carbocycles. The van der Waals surface area contributed by atoms with Gasteiger partial charge in [-0.3, -0.25) is 4.79 Å². The Morgan fingerprint density at radius 1 is 1.25 bits per heavy atom. The van der Waals surface area contributed by atoms with Gasteiger partial charge in [-0.2, -0.15) is 0 Å². The van der Waals surface area contributed by atoms with Gasteiger partial charge in [-0.05, 0) is 18.1 Å². The number of benzene rings is 1. The third kappa shape index (κ3) is 3.08. The predicted molar refractivity (Wildman–Crippen MR) is 60.6 cm³/mol. The number of nitrogens with one attached hydrogen (secondary N) is 1. The standard InChI is InChI=1S/C12H15NO3/c1-8(2)7-13-11(14)9-5-3-4-6-10(9)12(15)16/h3-6,8H,7H2,1-2H3,(H,13,14)(H,15,16). The normalized spacial score (nSPS) is 10.2. The monoisotopic (exact) mass is 221 g/mol. The van der Waals surface area contributed by atoms with Crippen LogP contribution in [0.1, 0.15) is 34.6 Å². The highest BCUT2D eigenvalue weighted by Gasteiger charge is 2.15. The van der Waals surface area contributed by atoms with Gasteiger partial charge in [-0.25, -0.2) is 4.79 Å². The molecular weight excluding hydrogens is 206 g/mol. The maximum Gasteiger partial charge on any atom is 0.336 e. The molecule has 16 heavy (non-hydrogen) atoms. The van der Waals surface area contributed by atoms with E-state index in [0.29, 0.717) is 12.5 Å². The lowest BCUT2D eigenvalue weighted by Gasteiger charge is -2.09. The van der Waals surface area contributed by atoms with Crippen LogP contribution >= 0.6 is 0 Å². The molecule has 0 atom stereocenters. The number of hydrogen-bond donors (Lipinski definition) is 2. The minimum atomic E-state index is -1.09. The molecule has 4 heteroatoms. The van der Waals surface area contributed by atoms with Crippen LogP contribution in [0.3, 0.4) is 0 Å². The molecule has 0 saturated heterocycles. The third-order valence-corrected chi connectivity index (χ3v) is 2.07. The Kier molecular flexibility index (Phi) is 4.05. The summed E-state index contributed by atoms with van der Waals surface area (Å²) in [7, 11) is 0. The second-order valence-electron chi connectivity index (χ2n) is 3.95. The lowest BCUT2D eigenvalue weighted by Crippen LogP contribution is -2.28. The largest absolute Gasteiger partial charge is 0.478 e. The third-order valence-electron chi connectivity index (χ3n) is 2.07.